The van der Waals surface area contributed by atoms with Crippen molar-refractivity contribution in [1.82, 2.24) is 0 Å². The van der Waals surface area contributed by atoms with Crippen molar-refractivity contribution in [2.24, 2.45) is 5.73 Å². The maximum absolute atomic E-state index is 12.5. The summed E-state index contributed by atoms with van der Waals surface area (Å²) in [5, 5.41) is 8.20. The van der Waals surface area contributed by atoms with E-state index < -0.39 is 17.3 Å². The van der Waals surface area contributed by atoms with Crippen LogP contribution in [0.2, 0.25) is 0 Å². The van der Waals surface area contributed by atoms with E-state index in [-0.39, 0.29) is 24.0 Å². The van der Waals surface area contributed by atoms with E-state index in [1.165, 1.54) is 4.90 Å². The van der Waals surface area contributed by atoms with Gasteiger partial charge in [-0.1, -0.05) is 25.1 Å². The fraction of sp³-hybridized carbons (Fsp3) is 0.400. The van der Waals surface area contributed by atoms with Crippen LogP contribution in [-0.2, 0) is 20.8 Å². The van der Waals surface area contributed by atoms with Gasteiger partial charge in [0.25, 0.3) is 0 Å². The molecule has 2 unspecified atom stereocenters. The first-order valence-electron chi connectivity index (χ1n) is 7.00. The molecule has 3 N–H and O–H groups in total. The molecule has 1 aromatic rings. The number of imide groups is 1. The summed E-state index contributed by atoms with van der Waals surface area (Å²) in [5.41, 5.74) is 6.98. The zero-order chi connectivity index (χ0) is 16.3. The largest absolute Gasteiger partial charge is 0.480 e. The quantitative estimate of drug-likeness (QED) is 0.759. The van der Waals surface area contributed by atoms with E-state index >= 15 is 0 Å². The summed E-state index contributed by atoms with van der Waals surface area (Å²) in [6.45, 7) is 1.96. The number of aliphatic carboxylic acids is 1. The second kappa shape index (κ2) is 6.93. The van der Waals surface area contributed by atoms with E-state index in [1.807, 2.05) is 19.1 Å². The molecule has 1 aliphatic heterocycles. The first-order chi connectivity index (χ1) is 10.5. The van der Waals surface area contributed by atoms with Crippen LogP contribution in [0.5, 0.6) is 0 Å². The Labute approximate surface area is 132 Å². The normalized spacial score (nSPS) is 19.5. The third-order valence-electron chi connectivity index (χ3n) is 3.51. The van der Waals surface area contributed by atoms with Gasteiger partial charge >= 0.3 is 5.97 Å². The van der Waals surface area contributed by atoms with E-state index in [2.05, 4.69) is 0 Å². The second-order valence-corrected chi connectivity index (χ2v) is 6.26. The van der Waals surface area contributed by atoms with Gasteiger partial charge in [-0.3, -0.25) is 14.4 Å². The number of anilines is 1. The molecule has 0 aliphatic carbocycles. The second-order valence-electron chi connectivity index (χ2n) is 5.02. The standard InChI is InChI=1S/C15H18N2O4S/c1-2-9-5-3-4-6-11(9)17-13(18)7-12(14(17)19)22-8-10(16)15(20)21/h3-6,10,12H,2,7-8,16H2,1H3,(H,20,21). The lowest BCUT2D eigenvalue weighted by atomic mass is 10.1. The van der Waals surface area contributed by atoms with Gasteiger partial charge < -0.3 is 10.8 Å². The van der Waals surface area contributed by atoms with Gasteiger partial charge in [0.15, 0.2) is 0 Å². The molecular weight excluding hydrogens is 304 g/mol. The SMILES string of the molecule is CCc1ccccc1N1C(=O)CC(SCC(N)C(=O)O)C1=O. The highest BCUT2D eigenvalue weighted by molar-refractivity contribution is 8.00. The number of rotatable bonds is 6. The summed E-state index contributed by atoms with van der Waals surface area (Å²) in [7, 11) is 0. The maximum Gasteiger partial charge on any atom is 0.321 e. The molecule has 118 valence electrons. The minimum Gasteiger partial charge on any atom is -0.480 e. The number of benzene rings is 1. The molecule has 1 fully saturated rings. The van der Waals surface area contributed by atoms with Gasteiger partial charge in [-0.05, 0) is 18.1 Å². The van der Waals surface area contributed by atoms with Crippen molar-refractivity contribution in [3.63, 3.8) is 0 Å². The molecule has 1 heterocycles. The summed E-state index contributed by atoms with van der Waals surface area (Å²) in [5.74, 6) is -1.57. The molecule has 0 spiro atoms. The number of carbonyl (C=O) groups is 3. The fourth-order valence-corrected chi connectivity index (χ4v) is 3.40. The first-order valence-corrected chi connectivity index (χ1v) is 8.05. The highest BCUT2D eigenvalue weighted by atomic mass is 32.2. The molecule has 1 aliphatic rings. The summed E-state index contributed by atoms with van der Waals surface area (Å²) in [6.07, 6.45) is 0.794. The van der Waals surface area contributed by atoms with Crippen LogP contribution in [-0.4, -0.2) is 39.9 Å². The Morgan fingerprint density at radius 3 is 2.77 bits per heavy atom. The van der Waals surface area contributed by atoms with E-state index in [4.69, 9.17) is 10.8 Å². The Kier molecular flexibility index (Phi) is 5.20. The number of amides is 2. The smallest absolute Gasteiger partial charge is 0.321 e. The third-order valence-corrected chi connectivity index (χ3v) is 4.84. The Morgan fingerprint density at radius 1 is 1.45 bits per heavy atom. The minimum absolute atomic E-state index is 0.0773. The van der Waals surface area contributed by atoms with Crippen LogP contribution in [0.3, 0.4) is 0 Å². The molecule has 22 heavy (non-hydrogen) atoms. The predicted octanol–water partition coefficient (Wildman–Crippen LogP) is 1.03. The van der Waals surface area contributed by atoms with Crippen molar-refractivity contribution in [2.45, 2.75) is 31.1 Å². The van der Waals surface area contributed by atoms with Crippen molar-refractivity contribution in [3.05, 3.63) is 29.8 Å². The first kappa shape index (κ1) is 16.5. The van der Waals surface area contributed by atoms with Crippen molar-refractivity contribution in [2.75, 3.05) is 10.7 Å². The number of hydrogen-bond acceptors (Lipinski definition) is 5. The Bertz CT molecular complexity index is 605. The molecule has 2 amide bonds. The number of thioether (sulfide) groups is 1. The summed E-state index contributed by atoms with van der Waals surface area (Å²) < 4.78 is 0. The third kappa shape index (κ3) is 3.31. The highest BCUT2D eigenvalue weighted by Crippen LogP contribution is 2.32. The van der Waals surface area contributed by atoms with Crippen molar-refractivity contribution < 1.29 is 19.5 Å². The van der Waals surface area contributed by atoms with Crippen molar-refractivity contribution in [1.29, 1.82) is 0 Å². The number of carbonyl (C=O) groups excluding carboxylic acids is 2. The van der Waals surface area contributed by atoms with E-state index in [1.54, 1.807) is 12.1 Å². The highest BCUT2D eigenvalue weighted by Gasteiger charge is 2.40. The van der Waals surface area contributed by atoms with Crippen LogP contribution >= 0.6 is 11.8 Å². The average Bonchev–Trinajstić information content (AvgIpc) is 2.78. The van der Waals surface area contributed by atoms with Crippen LogP contribution in [0.25, 0.3) is 0 Å². The molecule has 2 atom stereocenters. The van der Waals surface area contributed by atoms with Crippen LogP contribution in [0.4, 0.5) is 5.69 Å². The van der Waals surface area contributed by atoms with E-state index in [9.17, 15) is 14.4 Å². The maximum atomic E-state index is 12.5. The number of nitrogens with zero attached hydrogens (tertiary/aromatic N) is 1. The van der Waals surface area contributed by atoms with E-state index in [0.29, 0.717) is 5.69 Å². The van der Waals surface area contributed by atoms with E-state index in [0.717, 1.165) is 23.7 Å². The summed E-state index contributed by atoms with van der Waals surface area (Å²) in [4.78, 5) is 36.6. The molecule has 0 aromatic heterocycles. The molecule has 0 bridgehead atoms. The van der Waals surface area contributed by atoms with Gasteiger partial charge in [0.1, 0.15) is 6.04 Å². The lowest BCUT2D eigenvalue weighted by Crippen LogP contribution is -2.35. The monoisotopic (exact) mass is 322 g/mol. The van der Waals surface area contributed by atoms with Crippen LogP contribution in [0.1, 0.15) is 18.9 Å². The van der Waals surface area contributed by atoms with Gasteiger partial charge in [0.05, 0.1) is 10.9 Å². The topological polar surface area (TPSA) is 101 Å². The zero-order valence-electron chi connectivity index (χ0n) is 12.2. The van der Waals surface area contributed by atoms with Crippen molar-refractivity contribution in [3.8, 4) is 0 Å². The Hall–Kier alpha value is -1.86. The lowest BCUT2D eigenvalue weighted by molar-refractivity contribution is -0.138. The average molecular weight is 322 g/mol. The molecule has 1 aromatic carbocycles. The Balaban J connectivity index is 2.14. The molecule has 6 nitrogen and oxygen atoms in total. The van der Waals surface area contributed by atoms with Crippen LogP contribution in [0, 0.1) is 0 Å². The van der Waals surface area contributed by atoms with Crippen molar-refractivity contribution >= 4 is 35.2 Å². The number of carboxylic acids is 1. The fourth-order valence-electron chi connectivity index (χ4n) is 2.31. The molecule has 2 rings (SSSR count). The van der Waals surface area contributed by atoms with Gasteiger partial charge in [0, 0.05) is 12.2 Å². The van der Waals surface area contributed by atoms with Gasteiger partial charge in [0.2, 0.25) is 11.8 Å². The number of aryl methyl sites for hydroxylation is 1. The predicted molar refractivity (Wildman–Crippen MR) is 84.8 cm³/mol. The molecule has 7 heteroatoms. The minimum atomic E-state index is -1.11. The number of hydrogen-bond donors (Lipinski definition) is 2. The van der Waals surface area contributed by atoms with Crippen LogP contribution in [0.15, 0.2) is 24.3 Å². The Morgan fingerprint density at radius 2 is 2.14 bits per heavy atom. The molecule has 1 saturated heterocycles. The summed E-state index contributed by atoms with van der Waals surface area (Å²) in [6, 6.07) is 6.26. The molecule has 0 saturated carbocycles. The number of nitrogens with two attached hydrogens (primary N) is 1. The molecular formula is C15H18N2O4S. The zero-order valence-corrected chi connectivity index (χ0v) is 13.0. The summed E-state index contributed by atoms with van der Waals surface area (Å²) >= 11 is 1.13. The molecule has 0 radical (unpaired) electrons. The number of para-hydroxylation sites is 1. The van der Waals surface area contributed by atoms with Gasteiger partial charge in [-0.15, -0.1) is 11.8 Å². The van der Waals surface area contributed by atoms with Crippen LogP contribution < -0.4 is 10.6 Å². The number of carboxylic acid groups (broad SMARTS) is 1. The van der Waals surface area contributed by atoms with Gasteiger partial charge in [-0.2, -0.15) is 0 Å². The lowest BCUT2D eigenvalue weighted by Gasteiger charge is -2.18. The van der Waals surface area contributed by atoms with Gasteiger partial charge in [-0.25, -0.2) is 4.90 Å².